The highest BCUT2D eigenvalue weighted by Crippen LogP contribution is 2.22. The molecule has 0 aliphatic carbocycles. The quantitative estimate of drug-likeness (QED) is 0.625. The lowest BCUT2D eigenvalue weighted by molar-refractivity contribution is -0.0134. The molecule has 0 aromatic rings. The average Bonchev–Trinajstić information content (AvgIpc) is 1.97. The van der Waals surface area contributed by atoms with Crippen molar-refractivity contribution < 1.29 is 8.78 Å². The van der Waals surface area contributed by atoms with Gasteiger partial charge in [0, 0.05) is 19.0 Å². The molecule has 1 heterocycles. The Bertz CT molecular complexity index is 127. The van der Waals surface area contributed by atoms with Gasteiger partial charge in [-0.3, -0.25) is 0 Å². The van der Waals surface area contributed by atoms with Crippen LogP contribution in [-0.4, -0.2) is 32.1 Å². The monoisotopic (exact) mass is 178 g/mol. The van der Waals surface area contributed by atoms with E-state index in [-0.39, 0.29) is 13.0 Å². The zero-order chi connectivity index (χ0) is 9.03. The summed E-state index contributed by atoms with van der Waals surface area (Å²) in [6.07, 6.45) is 1.46. The molecule has 0 saturated carbocycles. The number of nitrogens with one attached hydrogen (secondary N) is 2. The molecule has 0 radical (unpaired) electrons. The largest absolute Gasteiger partial charge is 0.316 e. The standard InChI is InChI=1S/C8H16F2N2/c1-11-7-3-2-4-8(9,10)6-12-5-7/h7,11-12H,2-6H2,1H3. The summed E-state index contributed by atoms with van der Waals surface area (Å²) in [6.45, 7) is 0.470. The lowest BCUT2D eigenvalue weighted by Gasteiger charge is -2.24. The Morgan fingerprint density at radius 1 is 1.50 bits per heavy atom. The Morgan fingerprint density at radius 3 is 2.92 bits per heavy atom. The van der Waals surface area contributed by atoms with E-state index in [0.29, 0.717) is 19.0 Å². The first-order chi connectivity index (χ1) is 5.64. The Hall–Kier alpha value is -0.220. The number of alkyl halides is 2. The fourth-order valence-corrected chi connectivity index (χ4v) is 1.47. The number of hydrogen-bond acceptors (Lipinski definition) is 2. The minimum absolute atomic E-state index is 0.0121. The molecule has 1 aliphatic rings. The maximum Gasteiger partial charge on any atom is 0.260 e. The second kappa shape index (κ2) is 4.14. The molecule has 1 aliphatic heterocycles. The number of rotatable bonds is 1. The fourth-order valence-electron chi connectivity index (χ4n) is 1.47. The van der Waals surface area contributed by atoms with Crippen molar-refractivity contribution in [3.63, 3.8) is 0 Å². The van der Waals surface area contributed by atoms with Gasteiger partial charge in [0.2, 0.25) is 0 Å². The molecule has 2 nitrogen and oxygen atoms in total. The first kappa shape index (κ1) is 9.86. The van der Waals surface area contributed by atoms with Crippen molar-refractivity contribution in [2.45, 2.75) is 31.2 Å². The molecule has 1 atom stereocenters. The van der Waals surface area contributed by atoms with E-state index in [9.17, 15) is 8.78 Å². The molecule has 0 bridgehead atoms. The lowest BCUT2D eigenvalue weighted by atomic mass is 10.0. The van der Waals surface area contributed by atoms with Crippen LogP contribution in [0.5, 0.6) is 0 Å². The Labute approximate surface area is 71.7 Å². The highest BCUT2D eigenvalue weighted by Gasteiger charge is 2.29. The summed E-state index contributed by atoms with van der Waals surface area (Å²) in [4.78, 5) is 0. The van der Waals surface area contributed by atoms with Gasteiger partial charge in [-0.2, -0.15) is 0 Å². The molecule has 4 heteroatoms. The Morgan fingerprint density at radius 2 is 2.25 bits per heavy atom. The maximum atomic E-state index is 12.8. The van der Waals surface area contributed by atoms with Crippen LogP contribution in [0.2, 0.25) is 0 Å². The average molecular weight is 178 g/mol. The molecule has 0 spiro atoms. The topological polar surface area (TPSA) is 24.1 Å². The van der Waals surface area contributed by atoms with E-state index in [1.54, 1.807) is 0 Å². The third-order valence-electron chi connectivity index (χ3n) is 2.28. The summed E-state index contributed by atoms with van der Waals surface area (Å²) in [7, 11) is 1.87. The van der Waals surface area contributed by atoms with Crippen molar-refractivity contribution in [2.75, 3.05) is 20.1 Å². The Kier molecular flexibility index (Phi) is 3.40. The molecule has 12 heavy (non-hydrogen) atoms. The van der Waals surface area contributed by atoms with Crippen LogP contribution in [0, 0.1) is 0 Å². The van der Waals surface area contributed by atoms with Gasteiger partial charge in [0.15, 0.2) is 0 Å². The number of likely N-dealkylation sites (N-methyl/N-ethyl adjacent to an activating group) is 1. The van der Waals surface area contributed by atoms with Crippen LogP contribution < -0.4 is 10.6 Å². The summed E-state index contributed by atoms with van der Waals surface area (Å²) < 4.78 is 25.6. The molecule has 72 valence electrons. The van der Waals surface area contributed by atoms with Gasteiger partial charge in [-0.25, -0.2) is 8.78 Å². The van der Waals surface area contributed by atoms with Crippen LogP contribution in [-0.2, 0) is 0 Å². The smallest absolute Gasteiger partial charge is 0.260 e. The third kappa shape index (κ3) is 3.03. The molecule has 1 rings (SSSR count). The predicted octanol–water partition coefficient (Wildman–Crippen LogP) is 0.983. The van der Waals surface area contributed by atoms with Crippen LogP contribution in [0.1, 0.15) is 19.3 Å². The second-order valence-electron chi connectivity index (χ2n) is 3.36. The second-order valence-corrected chi connectivity index (χ2v) is 3.36. The summed E-state index contributed by atoms with van der Waals surface area (Å²) in [5.74, 6) is -2.50. The molecule has 0 aromatic carbocycles. The van der Waals surface area contributed by atoms with Gasteiger partial charge in [-0.1, -0.05) is 0 Å². The van der Waals surface area contributed by atoms with Crippen molar-refractivity contribution >= 4 is 0 Å². The van der Waals surface area contributed by atoms with E-state index in [4.69, 9.17) is 0 Å². The number of hydrogen-bond donors (Lipinski definition) is 2. The van der Waals surface area contributed by atoms with Gasteiger partial charge in [0.1, 0.15) is 0 Å². The highest BCUT2D eigenvalue weighted by atomic mass is 19.3. The van der Waals surface area contributed by atoms with E-state index in [1.807, 2.05) is 7.05 Å². The van der Waals surface area contributed by atoms with Crippen LogP contribution >= 0.6 is 0 Å². The highest BCUT2D eigenvalue weighted by molar-refractivity contribution is 4.78. The predicted molar refractivity (Wildman–Crippen MR) is 44.5 cm³/mol. The van der Waals surface area contributed by atoms with Crippen LogP contribution in [0.3, 0.4) is 0 Å². The van der Waals surface area contributed by atoms with Crippen molar-refractivity contribution in [1.82, 2.24) is 10.6 Å². The van der Waals surface area contributed by atoms with Gasteiger partial charge in [0.05, 0.1) is 6.54 Å². The molecule has 1 unspecified atom stereocenters. The van der Waals surface area contributed by atoms with E-state index in [1.165, 1.54) is 0 Å². The molecular weight excluding hydrogens is 162 g/mol. The van der Waals surface area contributed by atoms with E-state index in [0.717, 1.165) is 6.42 Å². The third-order valence-corrected chi connectivity index (χ3v) is 2.28. The van der Waals surface area contributed by atoms with Gasteiger partial charge < -0.3 is 10.6 Å². The molecule has 0 amide bonds. The molecule has 1 saturated heterocycles. The zero-order valence-electron chi connectivity index (χ0n) is 7.37. The summed E-state index contributed by atoms with van der Waals surface area (Å²) >= 11 is 0. The normalized spacial score (nSPS) is 30.8. The summed E-state index contributed by atoms with van der Waals surface area (Å²) in [6, 6.07) is 0.348. The minimum atomic E-state index is -2.50. The van der Waals surface area contributed by atoms with Crippen LogP contribution in [0.15, 0.2) is 0 Å². The summed E-state index contributed by atoms with van der Waals surface area (Å²) in [5, 5.41) is 5.86. The maximum absolute atomic E-state index is 12.8. The van der Waals surface area contributed by atoms with Crippen molar-refractivity contribution in [2.24, 2.45) is 0 Å². The van der Waals surface area contributed by atoms with Crippen molar-refractivity contribution in [1.29, 1.82) is 0 Å². The molecular formula is C8H16F2N2. The van der Waals surface area contributed by atoms with Crippen LogP contribution in [0.4, 0.5) is 8.78 Å². The molecule has 0 aromatic heterocycles. The SMILES string of the molecule is CNC1CCCC(F)(F)CNC1. The van der Waals surface area contributed by atoms with Gasteiger partial charge in [0.25, 0.3) is 5.92 Å². The van der Waals surface area contributed by atoms with Gasteiger partial charge in [-0.05, 0) is 19.9 Å². The zero-order valence-corrected chi connectivity index (χ0v) is 7.37. The van der Waals surface area contributed by atoms with Gasteiger partial charge >= 0.3 is 0 Å². The van der Waals surface area contributed by atoms with Crippen molar-refractivity contribution in [3.05, 3.63) is 0 Å². The van der Waals surface area contributed by atoms with Crippen molar-refractivity contribution in [3.8, 4) is 0 Å². The van der Waals surface area contributed by atoms with Crippen LogP contribution in [0.25, 0.3) is 0 Å². The van der Waals surface area contributed by atoms with Gasteiger partial charge in [-0.15, -0.1) is 0 Å². The Balaban J connectivity index is 2.34. The first-order valence-corrected chi connectivity index (χ1v) is 4.40. The van der Waals surface area contributed by atoms with E-state index in [2.05, 4.69) is 10.6 Å². The number of halogens is 2. The van der Waals surface area contributed by atoms with E-state index < -0.39 is 5.92 Å². The van der Waals surface area contributed by atoms with E-state index >= 15 is 0 Å². The first-order valence-electron chi connectivity index (χ1n) is 4.40. The molecule has 2 N–H and O–H groups in total. The molecule has 1 fully saturated rings. The fraction of sp³-hybridized carbons (Fsp3) is 1.00. The lowest BCUT2D eigenvalue weighted by Crippen LogP contribution is -2.43. The minimum Gasteiger partial charge on any atom is -0.316 e. The summed E-state index contributed by atoms with van der Waals surface area (Å²) in [5.41, 5.74) is 0.